The van der Waals surface area contributed by atoms with Crippen molar-refractivity contribution >= 4 is 11.6 Å². The molecular formula is C12H11ClO2. The second kappa shape index (κ2) is 4.09. The van der Waals surface area contributed by atoms with Crippen LogP contribution in [0.2, 0.25) is 5.02 Å². The maximum Gasteiger partial charge on any atom is 0.134 e. The Kier molecular flexibility index (Phi) is 2.80. The van der Waals surface area contributed by atoms with Crippen molar-refractivity contribution in [1.29, 1.82) is 0 Å². The van der Waals surface area contributed by atoms with E-state index in [2.05, 4.69) is 0 Å². The van der Waals surface area contributed by atoms with Gasteiger partial charge in [-0.15, -0.1) is 0 Å². The molecule has 2 nitrogen and oxygen atoms in total. The summed E-state index contributed by atoms with van der Waals surface area (Å²) in [4.78, 5) is 0. The van der Waals surface area contributed by atoms with E-state index < -0.39 is 0 Å². The third kappa shape index (κ3) is 2.06. The maximum atomic E-state index is 8.90. The molecule has 0 aliphatic carbocycles. The minimum Gasteiger partial charge on any atom is -0.459 e. The topological polar surface area (TPSA) is 33.4 Å². The van der Waals surface area contributed by atoms with E-state index in [1.807, 2.05) is 31.2 Å². The zero-order valence-electron chi connectivity index (χ0n) is 8.33. The van der Waals surface area contributed by atoms with Crippen LogP contribution < -0.4 is 0 Å². The number of halogens is 1. The van der Waals surface area contributed by atoms with Gasteiger partial charge >= 0.3 is 0 Å². The summed E-state index contributed by atoms with van der Waals surface area (Å²) in [6, 6.07) is 9.24. The minimum absolute atomic E-state index is 0.0837. The minimum atomic E-state index is -0.0837. The molecule has 1 aromatic heterocycles. The Labute approximate surface area is 93.1 Å². The van der Waals surface area contributed by atoms with Crippen molar-refractivity contribution in [3.8, 4) is 11.3 Å². The third-order valence-electron chi connectivity index (χ3n) is 2.28. The number of aliphatic hydroxyl groups excluding tert-OH is 1. The van der Waals surface area contributed by atoms with Gasteiger partial charge < -0.3 is 9.52 Å². The number of rotatable bonds is 2. The fourth-order valence-electron chi connectivity index (χ4n) is 1.47. The molecule has 0 aliphatic rings. The molecule has 78 valence electrons. The Morgan fingerprint density at radius 1 is 1.27 bits per heavy atom. The first-order chi connectivity index (χ1) is 7.20. The summed E-state index contributed by atoms with van der Waals surface area (Å²) in [7, 11) is 0. The summed E-state index contributed by atoms with van der Waals surface area (Å²) >= 11 is 5.92. The molecule has 0 fully saturated rings. The molecule has 1 aromatic carbocycles. The fraction of sp³-hybridized carbons (Fsp3) is 0.167. The molecule has 1 heterocycles. The second-order valence-electron chi connectivity index (χ2n) is 3.38. The van der Waals surface area contributed by atoms with E-state index in [-0.39, 0.29) is 6.61 Å². The molecule has 15 heavy (non-hydrogen) atoms. The highest BCUT2D eigenvalue weighted by molar-refractivity contribution is 6.30. The average molecular weight is 223 g/mol. The van der Waals surface area contributed by atoms with Crippen LogP contribution in [0.4, 0.5) is 0 Å². The lowest BCUT2D eigenvalue weighted by atomic mass is 10.1. The van der Waals surface area contributed by atoms with Crippen molar-refractivity contribution < 1.29 is 9.52 Å². The highest BCUT2D eigenvalue weighted by Crippen LogP contribution is 2.28. The first-order valence-corrected chi connectivity index (χ1v) is 5.04. The van der Waals surface area contributed by atoms with E-state index in [1.165, 1.54) is 0 Å². The molecule has 0 bridgehead atoms. The molecule has 0 aliphatic heterocycles. The van der Waals surface area contributed by atoms with Crippen LogP contribution in [0, 0.1) is 6.92 Å². The van der Waals surface area contributed by atoms with E-state index in [9.17, 15) is 0 Å². The Morgan fingerprint density at radius 3 is 2.73 bits per heavy atom. The molecule has 0 saturated heterocycles. The summed E-state index contributed by atoms with van der Waals surface area (Å²) in [6.45, 7) is 1.91. The summed E-state index contributed by atoms with van der Waals surface area (Å²) in [6.07, 6.45) is 0. The summed E-state index contributed by atoms with van der Waals surface area (Å²) in [5.41, 5.74) is 2.06. The van der Waals surface area contributed by atoms with Crippen LogP contribution in [-0.4, -0.2) is 5.11 Å². The van der Waals surface area contributed by atoms with Gasteiger partial charge in [0.25, 0.3) is 0 Å². The van der Waals surface area contributed by atoms with E-state index in [0.29, 0.717) is 10.8 Å². The SMILES string of the molecule is Cc1ccc(Cl)cc1-c1ccc(CO)o1. The van der Waals surface area contributed by atoms with Gasteiger partial charge in [-0.25, -0.2) is 0 Å². The highest BCUT2D eigenvalue weighted by Gasteiger charge is 2.07. The van der Waals surface area contributed by atoms with Gasteiger partial charge in [0, 0.05) is 10.6 Å². The summed E-state index contributed by atoms with van der Waals surface area (Å²) < 4.78 is 5.45. The van der Waals surface area contributed by atoms with Crippen LogP contribution in [0.25, 0.3) is 11.3 Å². The third-order valence-corrected chi connectivity index (χ3v) is 2.52. The molecular weight excluding hydrogens is 212 g/mol. The van der Waals surface area contributed by atoms with Gasteiger partial charge in [-0.3, -0.25) is 0 Å². The van der Waals surface area contributed by atoms with Crippen LogP contribution in [0.15, 0.2) is 34.7 Å². The number of hydrogen-bond acceptors (Lipinski definition) is 2. The van der Waals surface area contributed by atoms with E-state index in [4.69, 9.17) is 21.1 Å². The van der Waals surface area contributed by atoms with E-state index in [0.717, 1.165) is 16.9 Å². The number of aryl methyl sites for hydroxylation is 1. The van der Waals surface area contributed by atoms with Crippen LogP contribution in [-0.2, 0) is 6.61 Å². The summed E-state index contributed by atoms with van der Waals surface area (Å²) in [5, 5.41) is 9.58. The standard InChI is InChI=1S/C12H11ClO2/c1-8-2-3-9(13)6-11(8)12-5-4-10(7-14)15-12/h2-6,14H,7H2,1H3. The molecule has 2 rings (SSSR count). The first kappa shape index (κ1) is 10.3. The Morgan fingerprint density at radius 2 is 2.07 bits per heavy atom. The normalized spacial score (nSPS) is 10.6. The molecule has 1 N–H and O–H groups in total. The molecule has 0 unspecified atom stereocenters. The van der Waals surface area contributed by atoms with E-state index >= 15 is 0 Å². The summed E-state index contributed by atoms with van der Waals surface area (Å²) in [5.74, 6) is 1.29. The lowest BCUT2D eigenvalue weighted by Gasteiger charge is -2.02. The van der Waals surface area contributed by atoms with Gasteiger partial charge in [0.1, 0.15) is 18.1 Å². The number of furan rings is 1. The monoisotopic (exact) mass is 222 g/mol. The zero-order valence-corrected chi connectivity index (χ0v) is 9.08. The largest absolute Gasteiger partial charge is 0.459 e. The van der Waals surface area contributed by atoms with Gasteiger partial charge in [0.05, 0.1) is 0 Å². The number of benzene rings is 1. The maximum absolute atomic E-state index is 8.90. The van der Waals surface area contributed by atoms with E-state index in [1.54, 1.807) is 6.07 Å². The van der Waals surface area contributed by atoms with Crippen LogP contribution in [0.3, 0.4) is 0 Å². The predicted molar refractivity (Wildman–Crippen MR) is 59.8 cm³/mol. The van der Waals surface area contributed by atoms with Gasteiger partial charge in [0.2, 0.25) is 0 Å². The predicted octanol–water partition coefficient (Wildman–Crippen LogP) is 3.40. The fourth-order valence-corrected chi connectivity index (χ4v) is 1.64. The molecule has 0 amide bonds. The smallest absolute Gasteiger partial charge is 0.134 e. The molecule has 0 spiro atoms. The number of aliphatic hydroxyl groups is 1. The molecule has 2 aromatic rings. The molecule has 0 saturated carbocycles. The molecule has 0 atom stereocenters. The van der Waals surface area contributed by atoms with Gasteiger partial charge in [-0.1, -0.05) is 17.7 Å². The van der Waals surface area contributed by atoms with Gasteiger partial charge in [-0.2, -0.15) is 0 Å². The number of hydrogen-bond donors (Lipinski definition) is 1. The second-order valence-corrected chi connectivity index (χ2v) is 3.82. The quantitative estimate of drug-likeness (QED) is 0.845. The Balaban J connectivity index is 2.48. The van der Waals surface area contributed by atoms with Gasteiger partial charge in [0.15, 0.2) is 0 Å². The van der Waals surface area contributed by atoms with Crippen LogP contribution >= 0.6 is 11.6 Å². The lowest BCUT2D eigenvalue weighted by Crippen LogP contribution is -1.81. The van der Waals surface area contributed by atoms with Crippen molar-refractivity contribution in [3.05, 3.63) is 46.7 Å². The first-order valence-electron chi connectivity index (χ1n) is 4.67. The Hall–Kier alpha value is -1.25. The molecule has 3 heteroatoms. The molecule has 0 radical (unpaired) electrons. The van der Waals surface area contributed by atoms with Crippen molar-refractivity contribution in [3.63, 3.8) is 0 Å². The zero-order chi connectivity index (χ0) is 10.8. The van der Waals surface area contributed by atoms with Crippen molar-refractivity contribution in [2.24, 2.45) is 0 Å². The average Bonchev–Trinajstić information content (AvgIpc) is 2.70. The van der Waals surface area contributed by atoms with Crippen LogP contribution in [0.5, 0.6) is 0 Å². The van der Waals surface area contributed by atoms with Crippen molar-refractivity contribution in [2.75, 3.05) is 0 Å². The lowest BCUT2D eigenvalue weighted by molar-refractivity contribution is 0.248. The van der Waals surface area contributed by atoms with Gasteiger partial charge in [-0.05, 0) is 36.8 Å². The highest BCUT2D eigenvalue weighted by atomic mass is 35.5. The van der Waals surface area contributed by atoms with Crippen LogP contribution in [0.1, 0.15) is 11.3 Å². The van der Waals surface area contributed by atoms with Crippen molar-refractivity contribution in [1.82, 2.24) is 0 Å². The Bertz CT molecular complexity index is 474. The van der Waals surface area contributed by atoms with Crippen molar-refractivity contribution in [2.45, 2.75) is 13.5 Å².